The van der Waals surface area contributed by atoms with E-state index in [1.807, 2.05) is 13.8 Å². The second-order valence-electron chi connectivity index (χ2n) is 3.81. The normalized spacial score (nSPS) is 37.4. The number of aliphatic hydroxyl groups excluding tert-OH is 2. The average Bonchev–Trinajstić information content (AvgIpc) is 2.18. The summed E-state index contributed by atoms with van der Waals surface area (Å²) in [5.41, 5.74) is -0.230. The summed E-state index contributed by atoms with van der Waals surface area (Å²) in [6.45, 7) is 3.73. The van der Waals surface area contributed by atoms with Gasteiger partial charge in [-0.05, 0) is 26.2 Å². The number of hydrogen-bond acceptors (Lipinski definition) is 4. The Labute approximate surface area is 78.4 Å². The van der Waals surface area contributed by atoms with Crippen LogP contribution in [0.2, 0.25) is 0 Å². The van der Waals surface area contributed by atoms with Crippen molar-refractivity contribution in [3.8, 4) is 0 Å². The maximum Gasteiger partial charge on any atom is 0.121 e. The Bertz CT molecular complexity index is 152. The van der Waals surface area contributed by atoms with Gasteiger partial charge in [-0.2, -0.15) is 0 Å². The molecule has 1 saturated heterocycles. The molecule has 0 bridgehead atoms. The van der Waals surface area contributed by atoms with Crippen LogP contribution in [-0.2, 0) is 9.78 Å². The highest BCUT2D eigenvalue weighted by Crippen LogP contribution is 2.30. The molecule has 4 heteroatoms. The van der Waals surface area contributed by atoms with Crippen LogP contribution in [-0.4, -0.2) is 34.6 Å². The Morgan fingerprint density at radius 2 is 2.31 bits per heavy atom. The van der Waals surface area contributed by atoms with Gasteiger partial charge in [0.05, 0.1) is 6.61 Å². The van der Waals surface area contributed by atoms with E-state index < -0.39 is 6.10 Å². The van der Waals surface area contributed by atoms with Gasteiger partial charge in [-0.15, -0.1) is 0 Å². The van der Waals surface area contributed by atoms with Crippen LogP contribution in [0, 0.1) is 0 Å². The largest absolute Gasteiger partial charge is 0.394 e. The lowest BCUT2D eigenvalue weighted by Gasteiger charge is -2.36. The second kappa shape index (κ2) is 4.37. The first kappa shape index (κ1) is 10.9. The highest BCUT2D eigenvalue weighted by atomic mass is 17.2. The van der Waals surface area contributed by atoms with Gasteiger partial charge in [0.25, 0.3) is 0 Å². The van der Waals surface area contributed by atoms with E-state index in [1.165, 1.54) is 0 Å². The molecule has 0 aromatic heterocycles. The van der Waals surface area contributed by atoms with E-state index in [0.717, 1.165) is 19.3 Å². The molecule has 0 aromatic rings. The molecule has 0 radical (unpaired) electrons. The van der Waals surface area contributed by atoms with Gasteiger partial charge < -0.3 is 10.2 Å². The van der Waals surface area contributed by atoms with Crippen molar-refractivity contribution in [1.82, 2.24) is 0 Å². The third-order valence-corrected chi connectivity index (χ3v) is 2.69. The monoisotopic (exact) mass is 190 g/mol. The molecule has 0 amide bonds. The first-order valence-corrected chi connectivity index (χ1v) is 4.74. The minimum Gasteiger partial charge on any atom is -0.394 e. The Balaban J connectivity index is 2.38. The zero-order valence-corrected chi connectivity index (χ0v) is 8.19. The molecule has 1 aliphatic heterocycles. The van der Waals surface area contributed by atoms with Gasteiger partial charge in [-0.1, -0.05) is 6.92 Å². The molecule has 2 N–H and O–H groups in total. The Hall–Kier alpha value is -0.160. The topological polar surface area (TPSA) is 58.9 Å². The SMILES string of the molecule is CCC1(C)CC[C@@H](C(O)CO)OO1. The molecule has 1 aliphatic rings. The smallest absolute Gasteiger partial charge is 0.121 e. The van der Waals surface area contributed by atoms with Crippen LogP contribution in [0.1, 0.15) is 33.1 Å². The van der Waals surface area contributed by atoms with Gasteiger partial charge in [0.15, 0.2) is 0 Å². The van der Waals surface area contributed by atoms with Gasteiger partial charge in [0, 0.05) is 0 Å². The van der Waals surface area contributed by atoms with Crippen LogP contribution in [0.25, 0.3) is 0 Å². The van der Waals surface area contributed by atoms with Gasteiger partial charge in [-0.3, -0.25) is 0 Å². The zero-order valence-electron chi connectivity index (χ0n) is 8.19. The molecule has 0 saturated carbocycles. The minimum absolute atomic E-state index is 0.230. The van der Waals surface area contributed by atoms with Crippen LogP contribution >= 0.6 is 0 Å². The fraction of sp³-hybridized carbons (Fsp3) is 1.00. The summed E-state index contributed by atoms with van der Waals surface area (Å²) in [6, 6.07) is 0. The molecule has 2 unspecified atom stereocenters. The van der Waals surface area contributed by atoms with E-state index in [0.29, 0.717) is 0 Å². The maximum atomic E-state index is 9.27. The van der Waals surface area contributed by atoms with Crippen molar-refractivity contribution >= 4 is 0 Å². The predicted octanol–water partition coefficient (Wildman–Crippen LogP) is 0.619. The molecular weight excluding hydrogens is 172 g/mol. The lowest BCUT2D eigenvalue weighted by molar-refractivity contribution is -0.415. The average molecular weight is 190 g/mol. The van der Waals surface area contributed by atoms with Gasteiger partial charge >= 0.3 is 0 Å². The van der Waals surface area contributed by atoms with Crippen LogP contribution in [0.5, 0.6) is 0 Å². The summed E-state index contributed by atoms with van der Waals surface area (Å²) in [5.74, 6) is 0. The molecule has 1 fully saturated rings. The molecule has 4 nitrogen and oxygen atoms in total. The van der Waals surface area contributed by atoms with E-state index in [2.05, 4.69) is 0 Å². The van der Waals surface area contributed by atoms with E-state index in [-0.39, 0.29) is 18.3 Å². The molecule has 0 aliphatic carbocycles. The van der Waals surface area contributed by atoms with Gasteiger partial charge in [0.1, 0.15) is 17.8 Å². The van der Waals surface area contributed by atoms with Gasteiger partial charge in [-0.25, -0.2) is 9.78 Å². The zero-order chi connectivity index (χ0) is 9.90. The molecule has 78 valence electrons. The van der Waals surface area contributed by atoms with Crippen molar-refractivity contribution in [2.24, 2.45) is 0 Å². The minimum atomic E-state index is -0.832. The highest BCUT2D eigenvalue weighted by Gasteiger charge is 2.34. The molecule has 1 rings (SSSR count). The van der Waals surface area contributed by atoms with E-state index >= 15 is 0 Å². The summed E-state index contributed by atoms with van der Waals surface area (Å²) in [4.78, 5) is 10.2. The summed E-state index contributed by atoms with van der Waals surface area (Å²) >= 11 is 0. The van der Waals surface area contributed by atoms with Crippen molar-refractivity contribution in [1.29, 1.82) is 0 Å². The highest BCUT2D eigenvalue weighted by molar-refractivity contribution is 4.79. The standard InChI is InChI=1S/C9H18O4/c1-3-9(2)5-4-8(12-13-9)7(11)6-10/h7-8,10-11H,3-6H2,1-2H3/t7?,8-,9?/m0/s1. The van der Waals surface area contributed by atoms with E-state index in [1.54, 1.807) is 0 Å². The lowest BCUT2D eigenvalue weighted by Crippen LogP contribution is -2.42. The second-order valence-corrected chi connectivity index (χ2v) is 3.81. The molecule has 13 heavy (non-hydrogen) atoms. The van der Waals surface area contributed by atoms with E-state index in [9.17, 15) is 5.11 Å². The summed E-state index contributed by atoms with van der Waals surface area (Å²) in [5, 5.41) is 18.0. The molecular formula is C9H18O4. The van der Waals surface area contributed by atoms with Crippen molar-refractivity contribution in [2.45, 2.75) is 50.9 Å². The summed E-state index contributed by atoms with van der Waals surface area (Å²) < 4.78 is 0. The maximum absolute atomic E-state index is 9.27. The molecule has 1 heterocycles. The quantitative estimate of drug-likeness (QED) is 0.640. The van der Waals surface area contributed by atoms with Crippen LogP contribution < -0.4 is 0 Å². The summed E-state index contributed by atoms with van der Waals surface area (Å²) in [7, 11) is 0. The van der Waals surface area contributed by atoms with Crippen molar-refractivity contribution in [2.75, 3.05) is 6.61 Å². The van der Waals surface area contributed by atoms with Gasteiger partial charge in [0.2, 0.25) is 0 Å². The van der Waals surface area contributed by atoms with Crippen molar-refractivity contribution < 1.29 is 20.0 Å². The van der Waals surface area contributed by atoms with E-state index in [4.69, 9.17) is 14.9 Å². The number of rotatable bonds is 3. The third-order valence-electron chi connectivity index (χ3n) is 2.69. The first-order chi connectivity index (χ1) is 6.11. The Morgan fingerprint density at radius 1 is 1.62 bits per heavy atom. The molecule has 0 spiro atoms. The van der Waals surface area contributed by atoms with Crippen molar-refractivity contribution in [3.63, 3.8) is 0 Å². The first-order valence-electron chi connectivity index (χ1n) is 4.74. The fourth-order valence-electron chi connectivity index (χ4n) is 1.33. The Morgan fingerprint density at radius 3 is 2.69 bits per heavy atom. The fourth-order valence-corrected chi connectivity index (χ4v) is 1.33. The molecule has 3 atom stereocenters. The van der Waals surface area contributed by atoms with Crippen LogP contribution in [0.3, 0.4) is 0 Å². The number of hydrogen-bond donors (Lipinski definition) is 2. The van der Waals surface area contributed by atoms with Crippen LogP contribution in [0.15, 0.2) is 0 Å². The predicted molar refractivity (Wildman–Crippen MR) is 47.0 cm³/mol. The van der Waals surface area contributed by atoms with Crippen molar-refractivity contribution in [3.05, 3.63) is 0 Å². The number of aliphatic hydroxyl groups is 2. The third kappa shape index (κ3) is 2.64. The summed E-state index contributed by atoms with van der Waals surface area (Å²) in [6.07, 6.45) is 1.25. The van der Waals surface area contributed by atoms with Crippen LogP contribution in [0.4, 0.5) is 0 Å². The molecule has 0 aromatic carbocycles. The lowest BCUT2D eigenvalue weighted by atomic mass is 9.93. The Kier molecular flexibility index (Phi) is 3.67.